The molecule has 0 aromatic heterocycles. The van der Waals surface area contributed by atoms with Crippen LogP contribution in [0, 0.1) is 11.6 Å². The lowest BCUT2D eigenvalue weighted by molar-refractivity contribution is 0.0976. The Morgan fingerprint density at radius 1 is 0.767 bits per heavy atom. The minimum atomic E-state index is -0.694. The van der Waals surface area contributed by atoms with Crippen LogP contribution in [0.2, 0.25) is 0 Å². The monoisotopic (exact) mass is 420 g/mol. The highest BCUT2D eigenvalue weighted by molar-refractivity contribution is 8.05. The zero-order valence-electron chi connectivity index (χ0n) is 15.9. The number of rotatable bonds is 5. The van der Waals surface area contributed by atoms with Crippen LogP contribution in [0.15, 0.2) is 89.8 Å². The van der Waals surface area contributed by atoms with Gasteiger partial charge in [-0.05, 0) is 36.2 Å². The Bertz CT molecular complexity index is 1120. The molecule has 0 unspecified atom stereocenters. The fourth-order valence-corrected chi connectivity index (χ4v) is 4.96. The molecule has 0 spiro atoms. The summed E-state index contributed by atoms with van der Waals surface area (Å²) in [6.45, 7) is 0. The van der Waals surface area contributed by atoms with E-state index in [2.05, 4.69) is 0 Å². The first-order valence-corrected chi connectivity index (χ1v) is 10.4. The van der Waals surface area contributed by atoms with Crippen molar-refractivity contribution in [2.24, 2.45) is 0 Å². The molecule has 2 nitrogen and oxygen atoms in total. The summed E-state index contributed by atoms with van der Waals surface area (Å²) in [5.41, 5.74) is 0.898. The van der Waals surface area contributed by atoms with Crippen LogP contribution in [0.4, 0.5) is 8.78 Å². The first kappa shape index (κ1) is 20.2. The molecule has 30 heavy (non-hydrogen) atoms. The minimum absolute atomic E-state index is 0.00415. The van der Waals surface area contributed by atoms with Crippen molar-refractivity contribution in [3.8, 4) is 0 Å². The van der Waals surface area contributed by atoms with Crippen molar-refractivity contribution in [3.05, 3.63) is 118 Å². The van der Waals surface area contributed by atoms with Crippen molar-refractivity contribution in [1.29, 1.82) is 0 Å². The Morgan fingerprint density at radius 2 is 1.33 bits per heavy atom. The highest BCUT2D eigenvalue weighted by Gasteiger charge is 2.37. The van der Waals surface area contributed by atoms with Crippen LogP contribution in [0.1, 0.15) is 38.6 Å². The van der Waals surface area contributed by atoms with Gasteiger partial charge >= 0.3 is 0 Å². The summed E-state index contributed by atoms with van der Waals surface area (Å²) in [4.78, 5) is 26.5. The van der Waals surface area contributed by atoms with Gasteiger partial charge in [0.1, 0.15) is 11.6 Å². The largest absolute Gasteiger partial charge is 0.293 e. The second kappa shape index (κ2) is 8.76. The Kier molecular flexibility index (Phi) is 5.91. The van der Waals surface area contributed by atoms with Gasteiger partial charge in [-0.25, -0.2) is 8.78 Å². The third kappa shape index (κ3) is 3.98. The van der Waals surface area contributed by atoms with Crippen molar-refractivity contribution in [2.75, 3.05) is 0 Å². The molecule has 150 valence electrons. The van der Waals surface area contributed by atoms with Gasteiger partial charge < -0.3 is 0 Å². The summed E-state index contributed by atoms with van der Waals surface area (Å²) in [6, 6.07) is 21.1. The number of Topliss-reactive ketones (excluding diaryl/α,β-unsaturated/α-hetero) is 2. The van der Waals surface area contributed by atoms with Gasteiger partial charge in [0, 0.05) is 5.92 Å². The number of ketones is 2. The fourth-order valence-electron chi connectivity index (χ4n) is 3.61. The van der Waals surface area contributed by atoms with E-state index in [1.165, 1.54) is 36.4 Å². The zero-order chi connectivity index (χ0) is 21.1. The molecule has 0 N–H and O–H groups in total. The molecule has 0 radical (unpaired) electrons. The Balaban J connectivity index is 1.72. The third-order valence-corrected chi connectivity index (χ3v) is 6.55. The molecular weight excluding hydrogens is 402 g/mol. The predicted octanol–water partition coefficient (Wildman–Crippen LogP) is 6.20. The Hall–Kier alpha value is -3.05. The summed E-state index contributed by atoms with van der Waals surface area (Å²) in [5, 5.41) is -0.694. The fraction of sp³-hybridized carbons (Fsp3) is 0.120. The van der Waals surface area contributed by atoms with E-state index < -0.39 is 22.7 Å². The smallest absolute Gasteiger partial charge is 0.201 e. The lowest BCUT2D eigenvalue weighted by atomic mass is 9.87. The Morgan fingerprint density at radius 3 is 1.97 bits per heavy atom. The maximum Gasteiger partial charge on any atom is 0.201 e. The maximum atomic E-state index is 14.3. The van der Waals surface area contributed by atoms with Gasteiger partial charge in [-0.1, -0.05) is 60.7 Å². The lowest BCUT2D eigenvalue weighted by Gasteiger charge is -2.30. The van der Waals surface area contributed by atoms with E-state index in [9.17, 15) is 18.4 Å². The van der Waals surface area contributed by atoms with Crippen LogP contribution in [0.25, 0.3) is 0 Å². The van der Waals surface area contributed by atoms with Crippen LogP contribution in [0.5, 0.6) is 0 Å². The predicted molar refractivity (Wildman–Crippen MR) is 115 cm³/mol. The number of carbonyl (C=O) groups is 2. The molecule has 0 fully saturated rings. The first-order valence-electron chi connectivity index (χ1n) is 9.56. The SMILES string of the molecule is O=C(C1=CC[C@@H](c2ccccc2)[C@H](C(=O)c2ccccc2F)S1)c1ccccc1F. The number of carbonyl (C=O) groups excluding carboxylic acids is 2. The van der Waals surface area contributed by atoms with Crippen LogP contribution in [-0.4, -0.2) is 16.8 Å². The van der Waals surface area contributed by atoms with E-state index in [-0.39, 0.29) is 22.8 Å². The van der Waals surface area contributed by atoms with E-state index >= 15 is 0 Å². The molecular formula is C25H18F2O2S. The average molecular weight is 420 g/mol. The molecule has 3 aromatic rings. The molecule has 3 aromatic carbocycles. The second-order valence-electron chi connectivity index (χ2n) is 7.01. The highest BCUT2D eigenvalue weighted by Crippen LogP contribution is 2.43. The number of thioether (sulfide) groups is 1. The standard InChI is InChI=1S/C25H18F2O2S/c26-20-12-6-4-10-18(20)23(28)22-15-14-17(16-8-2-1-3-9-16)25(30-22)24(29)19-11-5-7-13-21(19)27/h1-13,15,17,25H,14H2/t17-,25+/m0/s1. The molecule has 5 heteroatoms. The number of hydrogen-bond acceptors (Lipinski definition) is 3. The van der Waals surface area contributed by atoms with E-state index in [1.54, 1.807) is 18.2 Å². The van der Waals surface area contributed by atoms with Crippen molar-refractivity contribution in [2.45, 2.75) is 17.6 Å². The normalized spacial score (nSPS) is 18.5. The number of hydrogen-bond donors (Lipinski definition) is 0. The maximum absolute atomic E-state index is 14.3. The molecule has 1 heterocycles. The molecule has 0 amide bonds. The highest BCUT2D eigenvalue weighted by atomic mass is 32.2. The Labute approximate surface area is 177 Å². The van der Waals surface area contributed by atoms with Crippen molar-refractivity contribution < 1.29 is 18.4 Å². The quantitative estimate of drug-likeness (QED) is 0.461. The van der Waals surface area contributed by atoms with Gasteiger partial charge in [0.25, 0.3) is 0 Å². The molecule has 0 saturated heterocycles. The zero-order valence-corrected chi connectivity index (χ0v) is 16.7. The second-order valence-corrected chi connectivity index (χ2v) is 8.20. The van der Waals surface area contributed by atoms with Crippen molar-refractivity contribution >= 4 is 23.3 Å². The van der Waals surface area contributed by atoms with E-state index in [0.29, 0.717) is 11.3 Å². The van der Waals surface area contributed by atoms with Crippen LogP contribution in [0.3, 0.4) is 0 Å². The molecule has 0 bridgehead atoms. The van der Waals surface area contributed by atoms with Gasteiger partial charge in [-0.15, -0.1) is 11.8 Å². The van der Waals surface area contributed by atoms with Gasteiger partial charge in [0.05, 0.1) is 21.3 Å². The molecule has 0 aliphatic carbocycles. The van der Waals surface area contributed by atoms with E-state index in [0.717, 1.165) is 17.3 Å². The van der Waals surface area contributed by atoms with Crippen LogP contribution < -0.4 is 0 Å². The number of benzene rings is 3. The summed E-state index contributed by atoms with van der Waals surface area (Å²) in [6.07, 6.45) is 2.18. The molecule has 4 rings (SSSR count). The van der Waals surface area contributed by atoms with Gasteiger partial charge in [-0.3, -0.25) is 9.59 Å². The van der Waals surface area contributed by atoms with Gasteiger partial charge in [0.15, 0.2) is 5.78 Å². The van der Waals surface area contributed by atoms with Gasteiger partial charge in [-0.2, -0.15) is 0 Å². The third-order valence-electron chi connectivity index (χ3n) is 5.14. The average Bonchev–Trinajstić information content (AvgIpc) is 2.79. The van der Waals surface area contributed by atoms with Gasteiger partial charge in [0.2, 0.25) is 5.78 Å². The molecule has 2 atom stereocenters. The summed E-state index contributed by atoms with van der Waals surface area (Å²) in [7, 11) is 0. The lowest BCUT2D eigenvalue weighted by Crippen LogP contribution is -2.29. The summed E-state index contributed by atoms with van der Waals surface area (Å²) < 4.78 is 28.5. The van der Waals surface area contributed by atoms with Crippen molar-refractivity contribution in [3.63, 3.8) is 0 Å². The minimum Gasteiger partial charge on any atom is -0.293 e. The van der Waals surface area contributed by atoms with Crippen LogP contribution >= 0.6 is 11.8 Å². The molecule has 0 saturated carbocycles. The number of allylic oxidation sites excluding steroid dienone is 2. The molecule has 1 aliphatic rings. The molecule has 1 aliphatic heterocycles. The van der Waals surface area contributed by atoms with E-state index in [1.807, 2.05) is 30.3 Å². The number of halogens is 2. The summed E-state index contributed by atoms with van der Waals surface area (Å²) >= 11 is 1.09. The summed E-state index contributed by atoms with van der Waals surface area (Å²) in [5.74, 6) is -2.26. The van der Waals surface area contributed by atoms with E-state index in [4.69, 9.17) is 0 Å². The van der Waals surface area contributed by atoms with Crippen LogP contribution in [-0.2, 0) is 0 Å². The topological polar surface area (TPSA) is 34.1 Å². The first-order chi connectivity index (χ1) is 14.6. The van der Waals surface area contributed by atoms with Crippen molar-refractivity contribution in [1.82, 2.24) is 0 Å².